The van der Waals surface area contributed by atoms with E-state index in [4.69, 9.17) is 11.5 Å². The van der Waals surface area contributed by atoms with Gasteiger partial charge in [0.05, 0.1) is 25.7 Å². The van der Waals surface area contributed by atoms with Gasteiger partial charge in [-0.2, -0.15) is 0 Å². The zero-order valence-corrected chi connectivity index (χ0v) is 39.6. The predicted octanol–water partition coefficient (Wildman–Crippen LogP) is -3.66. The van der Waals surface area contributed by atoms with Crippen molar-refractivity contribution in [1.29, 1.82) is 0 Å². The Bertz CT molecular complexity index is 1760. The minimum Gasteiger partial charge on any atom is -0.480 e. The standard InChI is InChI=1S/C43H74N12O12/c1-23(2)16-30(54-40(63)27(12-13-33(45)56)51-34(57)20-47-38(61)29-18-25(5)19-46-29)39(62)48-21-35(58)52-31(17-24(3)4)41(64)50-26(6)37(60)49-22-36(59)55-15-9-11-32(55)42(65)53-28(43(66)67)10-7-8-14-44/h23-32,46H,7-22,44H2,1-6H3,(H2,45,56)(H,47,61)(H,48,62)(H,49,60)(H,50,64)(H,51,57)(H,52,58)(H,53,65)(H,54,63)(H,66,67)/t25-,26+,27+,28+,29+,30+,31+,32+/m1/s1. The van der Waals surface area contributed by atoms with Crippen molar-refractivity contribution >= 4 is 65.0 Å². The topological polar surface area (TPSA) is 372 Å². The van der Waals surface area contributed by atoms with Crippen LogP contribution >= 0.6 is 0 Å². The Hall–Kier alpha value is -5.91. The quantitative estimate of drug-likeness (QED) is 0.0322. The van der Waals surface area contributed by atoms with Crippen molar-refractivity contribution in [1.82, 2.24) is 52.8 Å². The molecular formula is C43H74N12O12. The number of likely N-dealkylation sites (tertiary alicyclic amines) is 1. The van der Waals surface area contributed by atoms with Gasteiger partial charge in [0, 0.05) is 13.0 Å². The van der Waals surface area contributed by atoms with Crippen molar-refractivity contribution in [2.45, 2.75) is 148 Å². The fourth-order valence-electron chi connectivity index (χ4n) is 7.57. The van der Waals surface area contributed by atoms with Crippen LogP contribution in [0.4, 0.5) is 0 Å². The number of hydrogen-bond donors (Lipinski definition) is 12. The van der Waals surface area contributed by atoms with Crippen LogP contribution in [0.2, 0.25) is 0 Å². The number of nitrogens with one attached hydrogen (secondary N) is 9. The molecule has 0 aromatic carbocycles. The highest BCUT2D eigenvalue weighted by atomic mass is 16.4. The number of amides is 10. The van der Waals surface area contributed by atoms with Crippen LogP contribution in [-0.4, -0.2) is 157 Å². The molecule has 2 rings (SSSR count). The summed E-state index contributed by atoms with van der Waals surface area (Å²) in [5.41, 5.74) is 10.8. The molecule has 0 radical (unpaired) electrons. The summed E-state index contributed by atoms with van der Waals surface area (Å²) in [5, 5.41) is 32.7. The largest absolute Gasteiger partial charge is 0.480 e. The molecule has 378 valence electrons. The number of rotatable bonds is 29. The Morgan fingerprint density at radius 3 is 1.82 bits per heavy atom. The van der Waals surface area contributed by atoms with Gasteiger partial charge < -0.3 is 69.3 Å². The minimum absolute atomic E-state index is 0.111. The Balaban J connectivity index is 1.98. The van der Waals surface area contributed by atoms with E-state index < -0.39 is 121 Å². The molecule has 10 amide bonds. The molecule has 0 aromatic rings. The van der Waals surface area contributed by atoms with E-state index in [-0.39, 0.29) is 62.3 Å². The summed E-state index contributed by atoms with van der Waals surface area (Å²) in [5.74, 6) is -7.99. The summed E-state index contributed by atoms with van der Waals surface area (Å²) in [7, 11) is 0. The predicted molar refractivity (Wildman–Crippen MR) is 243 cm³/mol. The van der Waals surface area contributed by atoms with Crippen LogP contribution in [0.15, 0.2) is 0 Å². The molecule has 0 unspecified atom stereocenters. The maximum absolute atomic E-state index is 13.5. The molecule has 24 nitrogen and oxygen atoms in total. The van der Waals surface area contributed by atoms with Gasteiger partial charge in [-0.3, -0.25) is 47.9 Å². The first-order valence-electron chi connectivity index (χ1n) is 23.1. The van der Waals surface area contributed by atoms with E-state index in [1.54, 1.807) is 27.7 Å². The van der Waals surface area contributed by atoms with Gasteiger partial charge in [0.1, 0.15) is 36.3 Å². The highest BCUT2D eigenvalue weighted by molar-refractivity contribution is 5.97. The number of primary amides is 1. The molecule has 2 fully saturated rings. The molecule has 2 heterocycles. The number of hydrogen-bond acceptors (Lipinski definition) is 13. The van der Waals surface area contributed by atoms with Gasteiger partial charge in [0.15, 0.2) is 0 Å². The van der Waals surface area contributed by atoms with Crippen molar-refractivity contribution in [3.63, 3.8) is 0 Å². The van der Waals surface area contributed by atoms with Gasteiger partial charge in [-0.1, -0.05) is 34.6 Å². The molecule has 0 aliphatic carbocycles. The second kappa shape index (κ2) is 29.0. The van der Waals surface area contributed by atoms with Crippen LogP contribution in [0.25, 0.3) is 0 Å². The molecule has 0 bridgehead atoms. The number of carbonyl (C=O) groups excluding carboxylic acids is 10. The molecular weight excluding hydrogens is 877 g/mol. The van der Waals surface area contributed by atoms with Gasteiger partial charge in [0.2, 0.25) is 59.1 Å². The monoisotopic (exact) mass is 951 g/mol. The molecule has 2 aliphatic rings. The van der Waals surface area contributed by atoms with Crippen LogP contribution in [0, 0.1) is 17.8 Å². The maximum atomic E-state index is 13.5. The number of nitrogens with two attached hydrogens (primary N) is 2. The van der Waals surface area contributed by atoms with E-state index in [0.29, 0.717) is 45.2 Å². The molecule has 24 heteroatoms. The molecule has 0 aromatic heterocycles. The SMILES string of the molecule is CC(C)C[C@H](NC(=O)CNC(=O)[C@H](CC(C)C)NC(=O)[C@H](CCC(N)=O)NC(=O)CNC(=O)[C@@H]1C[C@@H](C)CN1)C(=O)N[C@@H](C)C(=O)NCC(=O)N1CCC[C@H]1C(=O)N[C@@H](CCCCN)C(=O)O. The molecule has 8 atom stereocenters. The Morgan fingerprint density at radius 2 is 1.25 bits per heavy atom. The van der Waals surface area contributed by atoms with Crippen LogP contribution in [0.5, 0.6) is 0 Å². The minimum atomic E-state index is -1.31. The number of nitrogens with zero attached hydrogens (tertiary/aromatic N) is 1. The first kappa shape index (κ1) is 57.2. The first-order chi connectivity index (χ1) is 31.5. The molecule has 0 spiro atoms. The lowest BCUT2D eigenvalue weighted by Crippen LogP contribution is -2.57. The summed E-state index contributed by atoms with van der Waals surface area (Å²) in [6.07, 6.45) is 2.41. The van der Waals surface area contributed by atoms with Gasteiger partial charge in [-0.25, -0.2) is 4.79 Å². The maximum Gasteiger partial charge on any atom is 0.326 e. The van der Waals surface area contributed by atoms with E-state index in [1.165, 1.54) is 11.8 Å². The van der Waals surface area contributed by atoms with Crippen molar-refractivity contribution in [2.24, 2.45) is 29.2 Å². The third-order valence-corrected chi connectivity index (χ3v) is 11.1. The zero-order chi connectivity index (χ0) is 50.4. The summed E-state index contributed by atoms with van der Waals surface area (Å²) in [6, 6.07) is -7.36. The number of carbonyl (C=O) groups is 11. The molecule has 0 saturated carbocycles. The van der Waals surface area contributed by atoms with E-state index in [0.717, 1.165) is 0 Å². The van der Waals surface area contributed by atoms with Crippen molar-refractivity contribution in [2.75, 3.05) is 39.3 Å². The van der Waals surface area contributed by atoms with E-state index in [9.17, 15) is 57.8 Å². The van der Waals surface area contributed by atoms with Crippen LogP contribution in [0.1, 0.15) is 106 Å². The second-order valence-corrected chi connectivity index (χ2v) is 18.2. The Morgan fingerprint density at radius 1 is 0.672 bits per heavy atom. The zero-order valence-electron chi connectivity index (χ0n) is 39.6. The van der Waals surface area contributed by atoms with Crippen molar-refractivity contribution in [3.8, 4) is 0 Å². The third kappa shape index (κ3) is 21.1. The average Bonchev–Trinajstić information content (AvgIpc) is 3.93. The summed E-state index contributed by atoms with van der Waals surface area (Å²) < 4.78 is 0. The normalized spacial score (nSPS) is 18.9. The van der Waals surface area contributed by atoms with Crippen molar-refractivity contribution in [3.05, 3.63) is 0 Å². The smallest absolute Gasteiger partial charge is 0.326 e. The van der Waals surface area contributed by atoms with Gasteiger partial charge >= 0.3 is 5.97 Å². The number of carboxylic acids is 1. The molecule has 14 N–H and O–H groups in total. The molecule has 67 heavy (non-hydrogen) atoms. The number of carboxylic acid groups (broad SMARTS) is 1. The van der Waals surface area contributed by atoms with E-state index in [2.05, 4.69) is 47.9 Å². The number of aliphatic carboxylic acids is 1. The fraction of sp³-hybridized carbons (Fsp3) is 0.744. The third-order valence-electron chi connectivity index (χ3n) is 11.1. The number of unbranched alkanes of at least 4 members (excludes halogenated alkanes) is 1. The summed E-state index contributed by atoms with van der Waals surface area (Å²) >= 11 is 0. The fourth-order valence-corrected chi connectivity index (χ4v) is 7.57. The first-order valence-corrected chi connectivity index (χ1v) is 23.1. The van der Waals surface area contributed by atoms with Gasteiger partial charge in [-0.15, -0.1) is 0 Å². The van der Waals surface area contributed by atoms with E-state index >= 15 is 0 Å². The van der Waals surface area contributed by atoms with Gasteiger partial charge in [-0.05, 0) is 95.6 Å². The second-order valence-electron chi connectivity index (χ2n) is 18.2. The average molecular weight is 951 g/mol. The summed E-state index contributed by atoms with van der Waals surface area (Å²) in [4.78, 5) is 142. The van der Waals surface area contributed by atoms with Crippen LogP contribution < -0.4 is 59.3 Å². The highest BCUT2D eigenvalue weighted by Gasteiger charge is 2.36. The summed E-state index contributed by atoms with van der Waals surface area (Å²) in [6.45, 7) is 10.2. The van der Waals surface area contributed by atoms with Crippen molar-refractivity contribution < 1.29 is 57.8 Å². The Kier molecular flexibility index (Phi) is 24.7. The molecule has 2 aliphatic heterocycles. The van der Waals surface area contributed by atoms with Crippen LogP contribution in [-0.2, 0) is 52.7 Å². The van der Waals surface area contributed by atoms with Gasteiger partial charge in [0.25, 0.3) is 0 Å². The molecule has 2 saturated heterocycles. The highest BCUT2D eigenvalue weighted by Crippen LogP contribution is 2.18. The van der Waals surface area contributed by atoms with Crippen LogP contribution in [0.3, 0.4) is 0 Å². The lowest BCUT2D eigenvalue weighted by atomic mass is 10.0. The Labute approximate surface area is 391 Å². The lowest BCUT2D eigenvalue weighted by molar-refractivity contribution is -0.144. The van der Waals surface area contributed by atoms with E-state index in [1.807, 2.05) is 6.92 Å². The lowest BCUT2D eigenvalue weighted by Gasteiger charge is -2.26.